The van der Waals surface area contributed by atoms with E-state index in [1.807, 2.05) is 36.1 Å². The van der Waals surface area contributed by atoms with Crippen molar-refractivity contribution in [3.63, 3.8) is 0 Å². The number of hydrogen-bond donors (Lipinski definition) is 1. The average Bonchev–Trinajstić information content (AvgIpc) is 3.23. The van der Waals surface area contributed by atoms with E-state index in [4.69, 9.17) is 9.47 Å². The first-order valence-electron chi connectivity index (χ1n) is 11.5. The van der Waals surface area contributed by atoms with E-state index in [2.05, 4.69) is 5.32 Å². The van der Waals surface area contributed by atoms with Gasteiger partial charge in [-0.3, -0.25) is 9.59 Å². The Morgan fingerprint density at radius 1 is 1.12 bits per heavy atom. The minimum atomic E-state index is -0.504. The Balaban J connectivity index is 1.57. The maximum atomic E-state index is 13.5. The molecule has 3 atom stereocenters. The Morgan fingerprint density at radius 3 is 2.27 bits per heavy atom. The zero-order valence-corrected chi connectivity index (χ0v) is 19.2. The Morgan fingerprint density at radius 2 is 1.73 bits per heavy atom. The lowest BCUT2D eigenvalue weighted by Crippen LogP contribution is -2.51. The van der Waals surface area contributed by atoms with E-state index >= 15 is 0 Å². The number of nitrogens with one attached hydrogen (secondary N) is 1. The number of ether oxygens (including phenoxy) is 2. The van der Waals surface area contributed by atoms with Crippen LogP contribution < -0.4 is 10.2 Å². The lowest BCUT2D eigenvalue weighted by atomic mass is 9.81. The first-order valence-corrected chi connectivity index (χ1v) is 11.5. The van der Waals surface area contributed by atoms with Crippen molar-refractivity contribution >= 4 is 17.5 Å². The fourth-order valence-electron chi connectivity index (χ4n) is 4.75. The molecule has 2 heterocycles. The number of benzene rings is 2. The van der Waals surface area contributed by atoms with Crippen molar-refractivity contribution in [1.82, 2.24) is 5.32 Å². The van der Waals surface area contributed by atoms with E-state index in [1.165, 1.54) is 12.1 Å². The molecular formula is C26H31FN2O4. The molecule has 2 aliphatic rings. The number of carbonyl (C=O) groups is 2. The molecule has 2 aromatic rings. The minimum Gasteiger partial charge on any atom is -0.384 e. The maximum Gasteiger partial charge on any atom is 0.227 e. The standard InChI is InChI=1S/C26H31FN2O4/c1-26(28-24(30)13-15-32-2)16-22(18-5-9-20(27)10-6-18)33-23(17-26)19-7-11-21(12-8-19)29-14-3-4-25(29)31/h5-12,22-23H,3-4,13-17H2,1-2H3,(H,28,30)/t22-,23+,26-/m0/s1. The second-order valence-electron chi connectivity index (χ2n) is 9.17. The van der Waals surface area contributed by atoms with Crippen LogP contribution in [0.4, 0.5) is 10.1 Å². The predicted octanol–water partition coefficient (Wildman–Crippen LogP) is 4.46. The van der Waals surface area contributed by atoms with Crippen LogP contribution in [0.25, 0.3) is 0 Å². The summed E-state index contributed by atoms with van der Waals surface area (Å²) in [7, 11) is 1.57. The number of hydrogen-bond acceptors (Lipinski definition) is 4. The summed E-state index contributed by atoms with van der Waals surface area (Å²) in [5, 5.41) is 3.18. The normalized spacial score (nSPS) is 25.3. The first-order chi connectivity index (χ1) is 15.9. The summed E-state index contributed by atoms with van der Waals surface area (Å²) in [5.41, 5.74) is 2.24. The average molecular weight is 455 g/mol. The first kappa shape index (κ1) is 23.4. The zero-order valence-electron chi connectivity index (χ0n) is 19.2. The van der Waals surface area contributed by atoms with E-state index in [-0.39, 0.29) is 36.3 Å². The van der Waals surface area contributed by atoms with Crippen molar-refractivity contribution in [2.45, 2.75) is 56.8 Å². The predicted molar refractivity (Wildman–Crippen MR) is 123 cm³/mol. The number of rotatable bonds is 7. The van der Waals surface area contributed by atoms with Crippen LogP contribution in [0.3, 0.4) is 0 Å². The van der Waals surface area contributed by atoms with Crippen molar-refractivity contribution in [2.24, 2.45) is 0 Å². The molecule has 6 nitrogen and oxygen atoms in total. The number of carbonyl (C=O) groups excluding carboxylic acids is 2. The minimum absolute atomic E-state index is 0.0688. The van der Waals surface area contributed by atoms with Gasteiger partial charge in [0.1, 0.15) is 5.82 Å². The van der Waals surface area contributed by atoms with Gasteiger partial charge in [-0.25, -0.2) is 4.39 Å². The summed E-state index contributed by atoms with van der Waals surface area (Å²) in [4.78, 5) is 26.4. The molecule has 2 amide bonds. The molecule has 33 heavy (non-hydrogen) atoms. The van der Waals surface area contributed by atoms with Gasteiger partial charge < -0.3 is 19.7 Å². The van der Waals surface area contributed by atoms with Crippen LogP contribution in [0.2, 0.25) is 0 Å². The summed E-state index contributed by atoms with van der Waals surface area (Å²) < 4.78 is 25.0. The molecule has 0 radical (unpaired) electrons. The molecule has 2 aromatic carbocycles. The monoisotopic (exact) mass is 454 g/mol. The molecule has 1 N–H and O–H groups in total. The molecule has 4 rings (SSSR count). The number of nitrogens with zero attached hydrogens (tertiary/aromatic N) is 1. The van der Waals surface area contributed by atoms with Gasteiger partial charge in [-0.1, -0.05) is 24.3 Å². The number of methoxy groups -OCH3 is 1. The van der Waals surface area contributed by atoms with Crippen molar-refractivity contribution in [2.75, 3.05) is 25.2 Å². The van der Waals surface area contributed by atoms with Gasteiger partial charge in [0.25, 0.3) is 0 Å². The summed E-state index contributed by atoms with van der Waals surface area (Å²) >= 11 is 0. The van der Waals surface area contributed by atoms with Gasteiger partial charge >= 0.3 is 0 Å². The molecule has 0 unspecified atom stereocenters. The smallest absolute Gasteiger partial charge is 0.227 e. The van der Waals surface area contributed by atoms with Gasteiger partial charge in [-0.15, -0.1) is 0 Å². The highest BCUT2D eigenvalue weighted by Crippen LogP contribution is 2.44. The fraction of sp³-hybridized carbons (Fsp3) is 0.462. The molecule has 2 aliphatic heterocycles. The number of amides is 2. The molecule has 7 heteroatoms. The van der Waals surface area contributed by atoms with Crippen LogP contribution in [0.5, 0.6) is 0 Å². The lowest BCUT2D eigenvalue weighted by molar-refractivity contribution is -0.129. The van der Waals surface area contributed by atoms with Gasteiger partial charge in [-0.05, 0) is 48.7 Å². The van der Waals surface area contributed by atoms with Crippen molar-refractivity contribution in [3.05, 3.63) is 65.5 Å². The summed E-state index contributed by atoms with van der Waals surface area (Å²) in [6.07, 6.45) is 2.39. The van der Waals surface area contributed by atoms with Gasteiger partial charge in [0, 0.05) is 50.6 Å². The molecular weight excluding hydrogens is 423 g/mol. The molecule has 0 saturated carbocycles. The topological polar surface area (TPSA) is 67.9 Å². The number of halogens is 1. The summed E-state index contributed by atoms with van der Waals surface area (Å²) in [5.74, 6) is -0.214. The van der Waals surface area contributed by atoms with Crippen LogP contribution in [-0.4, -0.2) is 37.6 Å². The van der Waals surface area contributed by atoms with E-state index in [0.29, 0.717) is 25.9 Å². The lowest BCUT2D eigenvalue weighted by Gasteiger charge is -2.43. The molecule has 0 spiro atoms. The molecule has 2 saturated heterocycles. The van der Waals surface area contributed by atoms with E-state index in [1.54, 1.807) is 19.2 Å². The van der Waals surface area contributed by atoms with Crippen LogP contribution in [0.1, 0.15) is 62.4 Å². The Kier molecular flexibility index (Phi) is 7.10. The fourth-order valence-corrected chi connectivity index (χ4v) is 4.75. The van der Waals surface area contributed by atoms with Crippen molar-refractivity contribution < 1.29 is 23.5 Å². The highest BCUT2D eigenvalue weighted by Gasteiger charge is 2.40. The van der Waals surface area contributed by atoms with Crippen LogP contribution in [0, 0.1) is 5.82 Å². The molecule has 0 bridgehead atoms. The largest absolute Gasteiger partial charge is 0.384 e. The third kappa shape index (κ3) is 5.60. The summed E-state index contributed by atoms with van der Waals surface area (Å²) in [6, 6.07) is 14.2. The molecule has 0 aromatic heterocycles. The van der Waals surface area contributed by atoms with Crippen LogP contribution >= 0.6 is 0 Å². The molecule has 0 aliphatic carbocycles. The number of anilines is 1. The quantitative estimate of drug-likeness (QED) is 0.671. The van der Waals surface area contributed by atoms with Gasteiger partial charge in [0.2, 0.25) is 11.8 Å². The van der Waals surface area contributed by atoms with Crippen molar-refractivity contribution in [1.29, 1.82) is 0 Å². The molecule has 176 valence electrons. The Hall–Kier alpha value is -2.77. The van der Waals surface area contributed by atoms with Gasteiger partial charge in [0.15, 0.2) is 0 Å². The van der Waals surface area contributed by atoms with E-state index < -0.39 is 5.54 Å². The Bertz CT molecular complexity index is 979. The van der Waals surface area contributed by atoms with E-state index in [9.17, 15) is 14.0 Å². The maximum absolute atomic E-state index is 13.5. The third-order valence-corrected chi connectivity index (χ3v) is 6.47. The van der Waals surface area contributed by atoms with Crippen LogP contribution in [0.15, 0.2) is 48.5 Å². The van der Waals surface area contributed by atoms with Gasteiger partial charge in [-0.2, -0.15) is 0 Å². The molecule has 2 fully saturated rings. The second-order valence-corrected chi connectivity index (χ2v) is 9.17. The Labute approximate surface area is 194 Å². The second kappa shape index (κ2) is 10.0. The SMILES string of the molecule is COCCC(=O)N[C@@]1(C)C[C@@H](c2ccc(F)cc2)O[C@@H](c2ccc(N3CCCC3=O)cc2)C1. The van der Waals surface area contributed by atoms with Crippen molar-refractivity contribution in [3.8, 4) is 0 Å². The summed E-state index contributed by atoms with van der Waals surface area (Å²) in [6.45, 7) is 3.14. The van der Waals surface area contributed by atoms with Crippen LogP contribution in [-0.2, 0) is 19.1 Å². The third-order valence-electron chi connectivity index (χ3n) is 6.47. The highest BCUT2D eigenvalue weighted by atomic mass is 19.1. The van der Waals surface area contributed by atoms with Gasteiger partial charge in [0.05, 0.1) is 18.8 Å². The zero-order chi connectivity index (χ0) is 23.4. The highest BCUT2D eigenvalue weighted by molar-refractivity contribution is 5.95. The van der Waals surface area contributed by atoms with E-state index in [0.717, 1.165) is 29.8 Å².